The lowest BCUT2D eigenvalue weighted by atomic mass is 10.1. The largest absolute Gasteiger partial charge is 0.338 e. The van der Waals surface area contributed by atoms with Crippen molar-refractivity contribution in [2.75, 3.05) is 6.54 Å². The minimum atomic E-state index is -0.802. The summed E-state index contributed by atoms with van der Waals surface area (Å²) in [6.45, 7) is 1.42. The topological polar surface area (TPSA) is 116 Å². The van der Waals surface area contributed by atoms with Crippen LogP contribution in [0.5, 0.6) is 0 Å². The highest BCUT2D eigenvalue weighted by Crippen LogP contribution is 2.15. The fourth-order valence-corrected chi connectivity index (χ4v) is 2.31. The molecule has 1 atom stereocenters. The van der Waals surface area contributed by atoms with Crippen molar-refractivity contribution in [1.29, 1.82) is 0 Å². The summed E-state index contributed by atoms with van der Waals surface area (Å²) in [5.41, 5.74) is 2.05. The van der Waals surface area contributed by atoms with E-state index >= 15 is 0 Å². The van der Waals surface area contributed by atoms with E-state index in [9.17, 15) is 14.4 Å². The Hall–Kier alpha value is -2.22. The molecule has 0 radical (unpaired) electrons. The van der Waals surface area contributed by atoms with Crippen LogP contribution in [0.2, 0.25) is 0 Å². The molecule has 0 bridgehead atoms. The summed E-state index contributed by atoms with van der Waals surface area (Å²) in [5, 5.41) is 14.7. The van der Waals surface area contributed by atoms with Gasteiger partial charge in [0.15, 0.2) is 5.69 Å². The average Bonchev–Trinajstić information content (AvgIpc) is 2.93. The first-order valence-electron chi connectivity index (χ1n) is 6.06. The van der Waals surface area contributed by atoms with Crippen LogP contribution in [0, 0.1) is 0 Å². The molecule has 3 heterocycles. The minimum Gasteiger partial charge on any atom is -0.338 e. The van der Waals surface area contributed by atoms with Gasteiger partial charge < -0.3 is 10.6 Å². The Morgan fingerprint density at radius 1 is 1.37 bits per heavy atom. The summed E-state index contributed by atoms with van der Waals surface area (Å²) in [6.07, 6.45) is 0.771. The van der Waals surface area contributed by atoms with E-state index in [0.29, 0.717) is 6.54 Å². The molecular weight excluding hydrogens is 250 g/mol. The lowest BCUT2D eigenvalue weighted by Gasteiger charge is -2.13. The second-order valence-electron chi connectivity index (χ2n) is 4.60. The molecule has 1 unspecified atom stereocenters. The van der Waals surface area contributed by atoms with Gasteiger partial charge in [-0.1, -0.05) is 0 Å². The van der Waals surface area contributed by atoms with Crippen molar-refractivity contribution >= 4 is 17.7 Å². The predicted octanol–water partition coefficient (Wildman–Crippen LogP) is -1.80. The van der Waals surface area contributed by atoms with Gasteiger partial charge in [-0.15, -0.1) is 0 Å². The predicted molar refractivity (Wildman–Crippen MR) is 63.0 cm³/mol. The summed E-state index contributed by atoms with van der Waals surface area (Å²) in [6, 6.07) is -0.802. The van der Waals surface area contributed by atoms with Crippen LogP contribution in [-0.4, -0.2) is 40.5 Å². The van der Waals surface area contributed by atoms with Crippen LogP contribution in [-0.2, 0) is 22.6 Å². The van der Waals surface area contributed by atoms with E-state index in [4.69, 9.17) is 0 Å². The second kappa shape index (κ2) is 4.47. The number of aromatic amines is 1. The number of H-pyrrole nitrogens is 1. The van der Waals surface area contributed by atoms with Crippen LogP contribution in [0.1, 0.15) is 28.2 Å². The normalized spacial score (nSPS) is 22.0. The highest BCUT2D eigenvalue weighted by molar-refractivity contribution is 6.08. The van der Waals surface area contributed by atoms with E-state index in [1.165, 1.54) is 0 Å². The van der Waals surface area contributed by atoms with Crippen LogP contribution < -0.4 is 16.0 Å². The second-order valence-corrected chi connectivity index (χ2v) is 4.60. The zero-order chi connectivity index (χ0) is 13.4. The van der Waals surface area contributed by atoms with Gasteiger partial charge in [0.1, 0.15) is 6.04 Å². The molecule has 3 rings (SSSR count). The van der Waals surface area contributed by atoms with Gasteiger partial charge in [0.2, 0.25) is 11.8 Å². The molecule has 3 amide bonds. The summed E-state index contributed by atoms with van der Waals surface area (Å²) in [5.74, 6) is -1.28. The SMILES string of the molecule is O=C1CC(NC(=O)c2n[nH]c3c2CNCC3)C(=O)N1. The number of carbonyl (C=O) groups is 3. The monoisotopic (exact) mass is 263 g/mol. The lowest BCUT2D eigenvalue weighted by molar-refractivity contribution is -0.125. The third kappa shape index (κ3) is 2.10. The van der Waals surface area contributed by atoms with Crippen LogP contribution in [0.15, 0.2) is 0 Å². The van der Waals surface area contributed by atoms with Crippen molar-refractivity contribution in [2.45, 2.75) is 25.4 Å². The molecule has 0 saturated carbocycles. The van der Waals surface area contributed by atoms with E-state index < -0.39 is 17.9 Å². The Kier molecular flexibility index (Phi) is 2.79. The van der Waals surface area contributed by atoms with E-state index in [1.807, 2.05) is 0 Å². The zero-order valence-corrected chi connectivity index (χ0v) is 10.1. The van der Waals surface area contributed by atoms with E-state index in [-0.39, 0.29) is 18.0 Å². The fraction of sp³-hybridized carbons (Fsp3) is 0.455. The number of aromatic nitrogens is 2. The molecule has 2 aliphatic rings. The highest BCUT2D eigenvalue weighted by atomic mass is 16.2. The maximum absolute atomic E-state index is 12.1. The molecule has 1 aromatic heterocycles. The van der Waals surface area contributed by atoms with Gasteiger partial charge in [-0.3, -0.25) is 24.8 Å². The van der Waals surface area contributed by atoms with Crippen molar-refractivity contribution in [3.63, 3.8) is 0 Å². The highest BCUT2D eigenvalue weighted by Gasteiger charge is 2.33. The molecule has 8 heteroatoms. The minimum absolute atomic E-state index is 0.0184. The molecule has 4 N–H and O–H groups in total. The van der Waals surface area contributed by atoms with Gasteiger partial charge in [-0.2, -0.15) is 5.10 Å². The molecule has 2 aliphatic heterocycles. The van der Waals surface area contributed by atoms with E-state index in [1.54, 1.807) is 0 Å². The molecule has 100 valence electrons. The molecular formula is C11H13N5O3. The quantitative estimate of drug-likeness (QED) is 0.470. The lowest BCUT2D eigenvalue weighted by Crippen LogP contribution is -2.40. The third-order valence-corrected chi connectivity index (χ3v) is 3.30. The molecule has 1 aromatic rings. The number of rotatable bonds is 2. The average molecular weight is 263 g/mol. The van der Waals surface area contributed by atoms with Crippen molar-refractivity contribution in [2.24, 2.45) is 0 Å². The first-order valence-corrected chi connectivity index (χ1v) is 6.06. The van der Waals surface area contributed by atoms with Gasteiger partial charge in [0.05, 0.1) is 6.42 Å². The number of imide groups is 1. The van der Waals surface area contributed by atoms with Crippen LogP contribution in [0.3, 0.4) is 0 Å². The summed E-state index contributed by atoms with van der Waals surface area (Å²) < 4.78 is 0. The molecule has 0 aliphatic carbocycles. The first kappa shape index (κ1) is 11.8. The molecule has 8 nitrogen and oxygen atoms in total. The van der Waals surface area contributed by atoms with Gasteiger partial charge in [0, 0.05) is 30.8 Å². The number of amides is 3. The van der Waals surface area contributed by atoms with Gasteiger partial charge in [-0.05, 0) is 0 Å². The Balaban J connectivity index is 1.76. The van der Waals surface area contributed by atoms with Gasteiger partial charge >= 0.3 is 0 Å². The standard InChI is InChI=1S/C11H13N5O3/c17-8-3-7(10(18)14-8)13-11(19)9-5-4-12-2-1-6(5)15-16-9/h7,12H,1-4H2,(H,13,19)(H,15,16)(H,14,17,18). The fourth-order valence-electron chi connectivity index (χ4n) is 2.31. The summed E-state index contributed by atoms with van der Waals surface area (Å²) >= 11 is 0. The molecule has 0 aromatic carbocycles. The number of nitrogens with zero attached hydrogens (tertiary/aromatic N) is 1. The van der Waals surface area contributed by atoms with Crippen molar-refractivity contribution in [3.05, 3.63) is 17.0 Å². The van der Waals surface area contributed by atoms with Crippen LogP contribution >= 0.6 is 0 Å². The van der Waals surface area contributed by atoms with Gasteiger partial charge in [0.25, 0.3) is 5.91 Å². The van der Waals surface area contributed by atoms with Crippen molar-refractivity contribution in [1.82, 2.24) is 26.1 Å². The number of carbonyl (C=O) groups excluding carboxylic acids is 3. The van der Waals surface area contributed by atoms with Crippen LogP contribution in [0.25, 0.3) is 0 Å². The Bertz CT molecular complexity index is 565. The zero-order valence-electron chi connectivity index (χ0n) is 10.1. The number of nitrogens with one attached hydrogen (secondary N) is 4. The molecule has 0 spiro atoms. The first-order chi connectivity index (χ1) is 9.15. The van der Waals surface area contributed by atoms with Crippen LogP contribution in [0.4, 0.5) is 0 Å². The smallest absolute Gasteiger partial charge is 0.272 e. The number of hydrogen-bond donors (Lipinski definition) is 4. The Labute approximate surface area is 108 Å². The summed E-state index contributed by atoms with van der Waals surface area (Å²) in [7, 11) is 0. The van der Waals surface area contributed by atoms with Crippen molar-refractivity contribution in [3.8, 4) is 0 Å². The number of hydrogen-bond acceptors (Lipinski definition) is 5. The molecule has 1 saturated heterocycles. The summed E-state index contributed by atoms with van der Waals surface area (Å²) in [4.78, 5) is 34.5. The van der Waals surface area contributed by atoms with Gasteiger partial charge in [-0.25, -0.2) is 0 Å². The van der Waals surface area contributed by atoms with Crippen molar-refractivity contribution < 1.29 is 14.4 Å². The molecule has 1 fully saturated rings. The Morgan fingerprint density at radius 2 is 2.21 bits per heavy atom. The third-order valence-electron chi connectivity index (χ3n) is 3.30. The number of fused-ring (bicyclic) bond motifs is 1. The van der Waals surface area contributed by atoms with E-state index in [2.05, 4.69) is 26.1 Å². The maximum Gasteiger partial charge on any atom is 0.272 e. The van der Waals surface area contributed by atoms with E-state index in [0.717, 1.165) is 24.2 Å². The molecule has 19 heavy (non-hydrogen) atoms. The Morgan fingerprint density at radius 3 is 2.95 bits per heavy atom. The maximum atomic E-state index is 12.1.